The van der Waals surface area contributed by atoms with Gasteiger partial charge in [0.2, 0.25) is 0 Å². The number of ether oxygens (including phenoxy) is 2. The summed E-state index contributed by atoms with van der Waals surface area (Å²) in [4.78, 5) is 48.1. The van der Waals surface area contributed by atoms with Crippen molar-refractivity contribution >= 4 is 25.5 Å². The van der Waals surface area contributed by atoms with E-state index in [1.54, 1.807) is 6.08 Å². The van der Waals surface area contributed by atoms with Gasteiger partial charge in [-0.15, -0.1) is 0 Å². The summed E-state index contributed by atoms with van der Waals surface area (Å²) in [6.45, 7) is 4.05. The molecule has 0 aromatic carbocycles. The van der Waals surface area contributed by atoms with Crippen molar-refractivity contribution in [2.24, 2.45) is 11.8 Å². The molecule has 328 valence electrons. The highest BCUT2D eigenvalue weighted by molar-refractivity contribution is 7.47. The van der Waals surface area contributed by atoms with Crippen LogP contribution in [-0.2, 0) is 37.5 Å². The highest BCUT2D eigenvalue weighted by Crippen LogP contribution is 2.43. The number of aliphatic hydroxyl groups is 2. The Kier molecular flexibility index (Phi) is 29.3. The van der Waals surface area contributed by atoms with Gasteiger partial charge in [0.05, 0.1) is 40.0 Å². The highest BCUT2D eigenvalue weighted by Gasteiger charge is 2.39. The van der Waals surface area contributed by atoms with Gasteiger partial charge in [-0.2, -0.15) is 0 Å². The molecule has 0 radical (unpaired) electrons. The molecule has 1 saturated carbocycles. The van der Waals surface area contributed by atoms with Gasteiger partial charge in [0, 0.05) is 31.1 Å². The number of hydrogen-bond acceptors (Lipinski definition) is 10. The fourth-order valence-electron chi connectivity index (χ4n) is 6.91. The second kappa shape index (κ2) is 31.3. The average Bonchev–Trinajstić information content (AvgIpc) is 3.40. The third-order valence-corrected chi connectivity index (χ3v) is 11.4. The number of nitrogens with zero attached hydrogens (tertiary/aromatic N) is 1. The Bertz CT molecular complexity index is 1130. The summed E-state index contributed by atoms with van der Waals surface area (Å²) in [5.74, 6) is -1.46. The monoisotopic (exact) mass is 819 g/mol. The van der Waals surface area contributed by atoms with Crippen LogP contribution in [0.1, 0.15) is 168 Å². The summed E-state index contributed by atoms with van der Waals surface area (Å²) in [5.41, 5.74) is 0. The summed E-state index contributed by atoms with van der Waals surface area (Å²) in [5, 5.41) is 20.7. The maximum atomic E-state index is 12.7. The van der Waals surface area contributed by atoms with Crippen LogP contribution in [0.4, 0.5) is 0 Å². The standard InChI is InChI=1S/C43H80NO11P/c1-6-8-10-11-12-13-14-15-16-17-18-24-28-43(49)55-37(35-54-56(50,51)53-32-31-44(3,4)5)34-52-42(48)27-23-20-19-22-26-38-39(41(47)33-40(38)46)30-29-36(45)25-21-9-7-2/h29-30,36-39,41,45,47H,6-28,31-35H2,1-5H3/p+1/b30-29+/t36-,37+,38+,39+,41+/m0/s1. The Morgan fingerprint density at radius 3 is 1.91 bits per heavy atom. The van der Waals surface area contributed by atoms with Crippen molar-refractivity contribution in [3.63, 3.8) is 0 Å². The first-order chi connectivity index (χ1) is 26.7. The van der Waals surface area contributed by atoms with Crippen LogP contribution in [0.2, 0.25) is 0 Å². The Balaban J connectivity index is 2.47. The minimum atomic E-state index is -4.43. The van der Waals surface area contributed by atoms with E-state index in [4.69, 9.17) is 18.5 Å². The number of likely N-dealkylation sites (N-methyl/N-ethyl adjacent to an activating group) is 1. The molecule has 13 heteroatoms. The van der Waals surface area contributed by atoms with Crippen molar-refractivity contribution in [3.05, 3.63) is 12.2 Å². The van der Waals surface area contributed by atoms with Crippen molar-refractivity contribution in [1.29, 1.82) is 0 Å². The zero-order valence-electron chi connectivity index (χ0n) is 35.8. The SMILES string of the molecule is CCCCCCCCCCCCCCC(=O)O[C@H](COC(=O)CCCCCC[C@H]1C(=O)C[C@@H](O)[C@@H]1/C=C/[C@@H](O)CCCCC)COP(=O)(O)OCC[N+](C)(C)C. The number of hydrogen-bond donors (Lipinski definition) is 3. The van der Waals surface area contributed by atoms with Gasteiger partial charge in [-0.05, 0) is 25.7 Å². The molecule has 1 aliphatic carbocycles. The summed E-state index contributed by atoms with van der Waals surface area (Å²) < 4.78 is 34.2. The first kappa shape index (κ1) is 52.4. The van der Waals surface area contributed by atoms with Crippen LogP contribution in [0.15, 0.2) is 12.2 Å². The van der Waals surface area contributed by atoms with E-state index in [1.807, 2.05) is 27.2 Å². The topological polar surface area (TPSA) is 166 Å². The summed E-state index contributed by atoms with van der Waals surface area (Å²) in [6, 6.07) is 0. The maximum Gasteiger partial charge on any atom is 0.472 e. The van der Waals surface area contributed by atoms with Crippen LogP contribution >= 0.6 is 7.82 Å². The van der Waals surface area contributed by atoms with Gasteiger partial charge < -0.3 is 29.1 Å². The predicted molar refractivity (Wildman–Crippen MR) is 221 cm³/mol. The van der Waals surface area contributed by atoms with Crippen molar-refractivity contribution in [3.8, 4) is 0 Å². The number of carbonyl (C=O) groups is 3. The van der Waals surface area contributed by atoms with Crippen molar-refractivity contribution in [2.75, 3.05) is 47.5 Å². The van der Waals surface area contributed by atoms with E-state index in [0.717, 1.165) is 57.8 Å². The molecule has 0 heterocycles. The van der Waals surface area contributed by atoms with Gasteiger partial charge in [0.1, 0.15) is 25.5 Å². The molecule has 1 aliphatic rings. The fraction of sp³-hybridized carbons (Fsp3) is 0.884. The normalized spacial score (nSPS) is 19.6. The molecule has 1 fully saturated rings. The lowest BCUT2D eigenvalue weighted by Gasteiger charge is -2.24. The number of unbranched alkanes of at least 4 members (excludes halogenated alkanes) is 16. The van der Waals surface area contributed by atoms with E-state index in [1.165, 1.54) is 51.4 Å². The molecule has 3 N–H and O–H groups in total. The van der Waals surface area contributed by atoms with E-state index in [9.17, 15) is 34.1 Å². The van der Waals surface area contributed by atoms with Gasteiger partial charge >= 0.3 is 19.8 Å². The zero-order valence-corrected chi connectivity index (χ0v) is 36.7. The minimum absolute atomic E-state index is 0.00441. The molecule has 6 atom stereocenters. The Hall–Kier alpha value is -1.66. The van der Waals surface area contributed by atoms with Gasteiger partial charge in [-0.3, -0.25) is 23.4 Å². The largest absolute Gasteiger partial charge is 0.472 e. The number of phosphoric ester groups is 1. The number of phosphoric acid groups is 1. The van der Waals surface area contributed by atoms with Crippen LogP contribution < -0.4 is 0 Å². The third-order valence-electron chi connectivity index (χ3n) is 10.4. The number of carbonyl (C=O) groups excluding carboxylic acids is 3. The van der Waals surface area contributed by atoms with Crippen LogP contribution in [0.5, 0.6) is 0 Å². The number of esters is 2. The van der Waals surface area contributed by atoms with Gasteiger partial charge in [-0.1, -0.05) is 135 Å². The van der Waals surface area contributed by atoms with E-state index >= 15 is 0 Å². The smallest absolute Gasteiger partial charge is 0.462 e. The second-order valence-corrected chi connectivity index (χ2v) is 18.3. The molecule has 0 spiro atoms. The first-order valence-corrected chi connectivity index (χ1v) is 23.5. The molecule has 0 bridgehead atoms. The summed E-state index contributed by atoms with van der Waals surface area (Å²) in [6.07, 6.45) is 23.0. The molecule has 1 unspecified atom stereocenters. The van der Waals surface area contributed by atoms with Crippen LogP contribution in [0.3, 0.4) is 0 Å². The number of Topliss-reactive ketones (excluding diaryl/α,β-unsaturated/α-hetero) is 1. The van der Waals surface area contributed by atoms with Gasteiger partial charge in [-0.25, -0.2) is 4.57 Å². The molecule has 0 aromatic rings. The predicted octanol–water partition coefficient (Wildman–Crippen LogP) is 8.78. The van der Waals surface area contributed by atoms with Crippen LogP contribution in [-0.4, -0.2) is 103 Å². The summed E-state index contributed by atoms with van der Waals surface area (Å²) >= 11 is 0. The van der Waals surface area contributed by atoms with E-state index in [-0.39, 0.29) is 50.1 Å². The third kappa shape index (κ3) is 27.9. The number of ketones is 1. The van der Waals surface area contributed by atoms with E-state index in [0.29, 0.717) is 36.7 Å². The molecule has 0 saturated heterocycles. The summed E-state index contributed by atoms with van der Waals surface area (Å²) in [7, 11) is 1.35. The van der Waals surface area contributed by atoms with Gasteiger partial charge in [0.25, 0.3) is 0 Å². The molecular weight excluding hydrogens is 737 g/mol. The minimum Gasteiger partial charge on any atom is -0.462 e. The molecule has 1 rings (SSSR count). The van der Waals surface area contributed by atoms with Crippen molar-refractivity contribution in [1.82, 2.24) is 0 Å². The highest BCUT2D eigenvalue weighted by atomic mass is 31.2. The van der Waals surface area contributed by atoms with Crippen LogP contribution in [0.25, 0.3) is 0 Å². The van der Waals surface area contributed by atoms with E-state index < -0.39 is 44.7 Å². The quantitative estimate of drug-likeness (QED) is 0.0182. The second-order valence-electron chi connectivity index (χ2n) is 16.9. The number of quaternary nitrogens is 1. The number of rotatable bonds is 36. The molecular formula is C43H81NO11P+. The molecule has 12 nitrogen and oxygen atoms in total. The van der Waals surface area contributed by atoms with Gasteiger partial charge in [0.15, 0.2) is 6.10 Å². The van der Waals surface area contributed by atoms with E-state index in [2.05, 4.69) is 13.8 Å². The van der Waals surface area contributed by atoms with Crippen molar-refractivity contribution < 1.29 is 57.1 Å². The zero-order chi connectivity index (χ0) is 41.7. The number of aliphatic hydroxyl groups excluding tert-OH is 2. The lowest BCUT2D eigenvalue weighted by molar-refractivity contribution is -0.870. The fourth-order valence-corrected chi connectivity index (χ4v) is 7.65. The lowest BCUT2D eigenvalue weighted by Crippen LogP contribution is -2.37. The van der Waals surface area contributed by atoms with Crippen molar-refractivity contribution in [2.45, 2.75) is 186 Å². The molecule has 0 aliphatic heterocycles. The maximum absolute atomic E-state index is 12.7. The molecule has 0 aromatic heterocycles. The lowest BCUT2D eigenvalue weighted by atomic mass is 9.88. The average molecular weight is 819 g/mol. The Morgan fingerprint density at radius 1 is 0.786 bits per heavy atom. The Labute approximate surface area is 339 Å². The van der Waals surface area contributed by atoms with Crippen LogP contribution in [0, 0.1) is 11.8 Å². The Morgan fingerprint density at radius 2 is 1.32 bits per heavy atom. The molecule has 56 heavy (non-hydrogen) atoms. The first-order valence-electron chi connectivity index (χ1n) is 22.0. The molecule has 0 amide bonds.